The summed E-state index contributed by atoms with van der Waals surface area (Å²) in [5.74, 6) is 0.995. The van der Waals surface area contributed by atoms with E-state index >= 15 is 0 Å². The smallest absolute Gasteiger partial charge is 0.287 e. The summed E-state index contributed by atoms with van der Waals surface area (Å²) >= 11 is 0. The molecular formula is C12H20N2O2. The first kappa shape index (κ1) is 12.8. The Labute approximate surface area is 96.2 Å². The molecule has 0 saturated carbocycles. The third-order valence-electron chi connectivity index (χ3n) is 2.42. The van der Waals surface area contributed by atoms with Crippen molar-refractivity contribution in [2.75, 3.05) is 6.54 Å². The molecule has 1 heterocycles. The molecule has 0 aliphatic rings. The molecular weight excluding hydrogens is 204 g/mol. The van der Waals surface area contributed by atoms with Crippen LogP contribution in [0, 0.1) is 0 Å². The number of nitrogens with one attached hydrogen (secondary N) is 1. The van der Waals surface area contributed by atoms with Gasteiger partial charge in [-0.25, -0.2) is 0 Å². The van der Waals surface area contributed by atoms with Gasteiger partial charge in [0.2, 0.25) is 0 Å². The average molecular weight is 224 g/mol. The number of furan rings is 1. The van der Waals surface area contributed by atoms with Crippen molar-refractivity contribution in [3.63, 3.8) is 0 Å². The summed E-state index contributed by atoms with van der Waals surface area (Å²) in [6, 6.07) is 3.54. The summed E-state index contributed by atoms with van der Waals surface area (Å²) < 4.78 is 5.33. The molecule has 3 N–H and O–H groups in total. The molecule has 16 heavy (non-hydrogen) atoms. The van der Waals surface area contributed by atoms with E-state index in [-0.39, 0.29) is 11.9 Å². The highest BCUT2D eigenvalue weighted by Crippen LogP contribution is 2.08. The number of hydrogen-bond donors (Lipinski definition) is 2. The lowest BCUT2D eigenvalue weighted by Gasteiger charge is -2.10. The second kappa shape index (κ2) is 6.33. The zero-order valence-corrected chi connectivity index (χ0v) is 9.95. The topological polar surface area (TPSA) is 68.3 Å². The van der Waals surface area contributed by atoms with Crippen molar-refractivity contribution in [1.82, 2.24) is 5.32 Å². The highest BCUT2D eigenvalue weighted by atomic mass is 16.3. The zero-order chi connectivity index (χ0) is 12.0. The van der Waals surface area contributed by atoms with Crippen molar-refractivity contribution in [2.45, 2.75) is 39.2 Å². The summed E-state index contributed by atoms with van der Waals surface area (Å²) in [6.07, 6.45) is 2.74. The molecule has 1 aromatic rings. The van der Waals surface area contributed by atoms with Crippen LogP contribution in [0.15, 0.2) is 16.5 Å². The van der Waals surface area contributed by atoms with Crippen LogP contribution in [0.25, 0.3) is 0 Å². The number of carbonyl (C=O) groups excluding carboxylic acids is 1. The van der Waals surface area contributed by atoms with E-state index in [4.69, 9.17) is 10.2 Å². The van der Waals surface area contributed by atoms with Crippen molar-refractivity contribution in [3.05, 3.63) is 23.7 Å². The van der Waals surface area contributed by atoms with Gasteiger partial charge >= 0.3 is 0 Å². The first-order chi connectivity index (χ1) is 7.67. The minimum atomic E-state index is -0.189. The van der Waals surface area contributed by atoms with Gasteiger partial charge in [0.15, 0.2) is 5.76 Å². The SMILES string of the molecule is CCCC(N)CNC(=O)c1ccc(CC)o1. The van der Waals surface area contributed by atoms with Gasteiger partial charge in [-0.3, -0.25) is 4.79 Å². The van der Waals surface area contributed by atoms with Crippen LogP contribution in [-0.2, 0) is 6.42 Å². The molecule has 1 aromatic heterocycles. The highest BCUT2D eigenvalue weighted by Gasteiger charge is 2.11. The monoisotopic (exact) mass is 224 g/mol. The van der Waals surface area contributed by atoms with E-state index in [1.54, 1.807) is 6.07 Å². The molecule has 1 atom stereocenters. The summed E-state index contributed by atoms with van der Waals surface area (Å²) in [5, 5.41) is 2.76. The zero-order valence-electron chi connectivity index (χ0n) is 9.95. The summed E-state index contributed by atoms with van der Waals surface area (Å²) in [5.41, 5.74) is 5.80. The van der Waals surface area contributed by atoms with Gasteiger partial charge in [0.25, 0.3) is 5.91 Å². The number of rotatable bonds is 6. The Balaban J connectivity index is 2.40. The fourth-order valence-corrected chi connectivity index (χ4v) is 1.47. The summed E-state index contributed by atoms with van der Waals surface area (Å²) in [4.78, 5) is 11.6. The molecule has 0 aliphatic heterocycles. The van der Waals surface area contributed by atoms with Gasteiger partial charge in [-0.2, -0.15) is 0 Å². The molecule has 0 spiro atoms. The molecule has 4 heteroatoms. The van der Waals surface area contributed by atoms with Gasteiger partial charge in [-0.15, -0.1) is 0 Å². The molecule has 1 amide bonds. The first-order valence-electron chi connectivity index (χ1n) is 5.79. The Morgan fingerprint density at radius 1 is 1.50 bits per heavy atom. The predicted molar refractivity (Wildman–Crippen MR) is 63.3 cm³/mol. The molecule has 0 radical (unpaired) electrons. The first-order valence-corrected chi connectivity index (χ1v) is 5.79. The molecule has 4 nitrogen and oxygen atoms in total. The van der Waals surface area contributed by atoms with Crippen molar-refractivity contribution < 1.29 is 9.21 Å². The summed E-state index contributed by atoms with van der Waals surface area (Å²) in [6.45, 7) is 4.55. The molecule has 1 unspecified atom stereocenters. The second-order valence-corrected chi connectivity index (χ2v) is 3.88. The largest absolute Gasteiger partial charge is 0.456 e. The lowest BCUT2D eigenvalue weighted by atomic mass is 10.2. The maximum Gasteiger partial charge on any atom is 0.287 e. The van der Waals surface area contributed by atoms with Crippen molar-refractivity contribution in [1.29, 1.82) is 0 Å². The number of hydrogen-bond acceptors (Lipinski definition) is 3. The van der Waals surface area contributed by atoms with Crippen LogP contribution in [0.1, 0.15) is 43.0 Å². The van der Waals surface area contributed by atoms with Gasteiger partial charge < -0.3 is 15.5 Å². The Hall–Kier alpha value is -1.29. The third kappa shape index (κ3) is 3.70. The van der Waals surface area contributed by atoms with Crippen LogP contribution in [0.4, 0.5) is 0 Å². The van der Waals surface area contributed by atoms with Crippen molar-refractivity contribution in [2.24, 2.45) is 5.73 Å². The van der Waals surface area contributed by atoms with Gasteiger partial charge in [0, 0.05) is 19.0 Å². The van der Waals surface area contributed by atoms with E-state index in [2.05, 4.69) is 12.2 Å². The van der Waals surface area contributed by atoms with Crippen molar-refractivity contribution in [3.8, 4) is 0 Å². The minimum absolute atomic E-state index is 0.0227. The van der Waals surface area contributed by atoms with E-state index in [1.807, 2.05) is 13.0 Å². The Morgan fingerprint density at radius 3 is 2.81 bits per heavy atom. The second-order valence-electron chi connectivity index (χ2n) is 3.88. The third-order valence-corrected chi connectivity index (χ3v) is 2.42. The average Bonchev–Trinajstić information content (AvgIpc) is 2.75. The molecule has 90 valence electrons. The van der Waals surface area contributed by atoms with E-state index in [0.29, 0.717) is 12.3 Å². The fraction of sp³-hybridized carbons (Fsp3) is 0.583. The molecule has 0 saturated heterocycles. The standard InChI is InChI=1S/C12H20N2O2/c1-3-5-9(13)8-14-12(15)11-7-6-10(4-2)16-11/h6-7,9H,3-5,8,13H2,1-2H3,(H,14,15). The van der Waals surface area contributed by atoms with Crippen LogP contribution >= 0.6 is 0 Å². The fourth-order valence-electron chi connectivity index (χ4n) is 1.47. The Bertz CT molecular complexity index is 334. The molecule has 0 aromatic carbocycles. The normalized spacial score (nSPS) is 12.4. The van der Waals surface area contributed by atoms with Crippen LogP contribution in [0.5, 0.6) is 0 Å². The molecule has 0 aliphatic carbocycles. The number of carbonyl (C=O) groups is 1. The highest BCUT2D eigenvalue weighted by molar-refractivity contribution is 5.91. The number of amides is 1. The molecule has 0 bridgehead atoms. The van der Waals surface area contributed by atoms with E-state index in [0.717, 1.165) is 25.0 Å². The summed E-state index contributed by atoms with van der Waals surface area (Å²) in [7, 11) is 0. The van der Waals surface area contributed by atoms with E-state index in [9.17, 15) is 4.79 Å². The van der Waals surface area contributed by atoms with Gasteiger partial charge in [0.05, 0.1) is 0 Å². The van der Waals surface area contributed by atoms with Crippen LogP contribution in [0.2, 0.25) is 0 Å². The lowest BCUT2D eigenvalue weighted by molar-refractivity contribution is 0.0921. The minimum Gasteiger partial charge on any atom is -0.456 e. The predicted octanol–water partition coefficient (Wildman–Crippen LogP) is 1.70. The molecule has 1 rings (SSSR count). The molecule has 0 fully saturated rings. The van der Waals surface area contributed by atoms with E-state index in [1.165, 1.54) is 0 Å². The van der Waals surface area contributed by atoms with Gasteiger partial charge in [-0.1, -0.05) is 20.3 Å². The maximum absolute atomic E-state index is 11.6. The maximum atomic E-state index is 11.6. The Morgan fingerprint density at radius 2 is 2.25 bits per heavy atom. The number of nitrogens with two attached hydrogens (primary N) is 1. The van der Waals surface area contributed by atoms with Gasteiger partial charge in [-0.05, 0) is 18.6 Å². The lowest BCUT2D eigenvalue weighted by Crippen LogP contribution is -2.36. The van der Waals surface area contributed by atoms with Crippen LogP contribution < -0.4 is 11.1 Å². The van der Waals surface area contributed by atoms with Gasteiger partial charge in [0.1, 0.15) is 5.76 Å². The number of aryl methyl sites for hydroxylation is 1. The van der Waals surface area contributed by atoms with Crippen molar-refractivity contribution >= 4 is 5.91 Å². The van der Waals surface area contributed by atoms with Crippen LogP contribution in [0.3, 0.4) is 0 Å². The van der Waals surface area contributed by atoms with E-state index < -0.39 is 0 Å². The Kier molecular flexibility index (Phi) is 5.05. The van der Waals surface area contributed by atoms with Crippen LogP contribution in [-0.4, -0.2) is 18.5 Å². The quantitative estimate of drug-likeness (QED) is 0.772.